The van der Waals surface area contributed by atoms with Gasteiger partial charge in [0.15, 0.2) is 11.9 Å². The van der Waals surface area contributed by atoms with Gasteiger partial charge in [-0.3, -0.25) is 0 Å². The number of hydrogen-bond donors (Lipinski definition) is 0. The van der Waals surface area contributed by atoms with Gasteiger partial charge in [-0.1, -0.05) is 381 Å². The van der Waals surface area contributed by atoms with Crippen LogP contribution in [0, 0.1) is 0 Å². The first kappa shape index (κ1) is 71.2. The molecule has 1 rings (SSSR count). The molecule has 0 amide bonds. The van der Waals surface area contributed by atoms with E-state index in [1.54, 1.807) is 11.3 Å². The summed E-state index contributed by atoms with van der Waals surface area (Å²) in [6.07, 6.45) is 93.7. The molecule has 1 nitrogen and oxygen atoms in total. The second-order valence-electron chi connectivity index (χ2n) is 25.0. The highest BCUT2D eigenvalue weighted by Gasteiger charge is 2.20. The molecule has 1 heteroatoms. The average Bonchev–Trinajstić information content (AvgIpc) is 3.41. The van der Waals surface area contributed by atoms with Crippen LogP contribution in [0.15, 0.2) is 12.3 Å². The van der Waals surface area contributed by atoms with Crippen LogP contribution in [0.3, 0.4) is 0 Å². The van der Waals surface area contributed by atoms with Gasteiger partial charge in [0.05, 0.1) is 0 Å². The summed E-state index contributed by atoms with van der Waals surface area (Å²) in [5.41, 5.74) is 5.33. The van der Waals surface area contributed by atoms with E-state index in [1.807, 2.05) is 5.56 Å². The van der Waals surface area contributed by atoms with E-state index >= 15 is 0 Å². The van der Waals surface area contributed by atoms with Gasteiger partial charge in [-0.15, -0.1) is 0 Å². The van der Waals surface area contributed by atoms with E-state index < -0.39 is 0 Å². The summed E-state index contributed by atoms with van der Waals surface area (Å²) in [6.45, 7) is 10.6. The topological polar surface area (TPSA) is 3.88 Å². The number of unbranched alkanes of at least 4 members (excludes halogenated alkanes) is 56. The van der Waals surface area contributed by atoms with Crippen molar-refractivity contribution in [3.8, 4) is 0 Å². The first-order valence-electron chi connectivity index (χ1n) is 35.8. The van der Waals surface area contributed by atoms with Crippen LogP contribution in [0.25, 0.3) is 0 Å². The summed E-state index contributed by atoms with van der Waals surface area (Å²) in [6, 6.07) is 2.63. The van der Waals surface area contributed by atoms with Gasteiger partial charge in [0.25, 0.3) is 0 Å². The zero-order valence-corrected chi connectivity index (χ0v) is 52.4. The van der Waals surface area contributed by atoms with Crippen molar-refractivity contribution in [3.05, 3.63) is 29.1 Å². The van der Waals surface area contributed by atoms with Crippen LogP contribution < -0.4 is 4.57 Å². The Bertz CT molecular complexity index is 1090. The van der Waals surface area contributed by atoms with Crippen molar-refractivity contribution in [2.45, 2.75) is 439 Å². The van der Waals surface area contributed by atoms with Crippen molar-refractivity contribution in [2.24, 2.45) is 0 Å². The maximum absolute atomic E-state index is 2.81. The molecular weight excluding hydrogens is 891 g/mol. The molecule has 1 heterocycles. The first-order valence-corrected chi connectivity index (χ1v) is 35.8. The molecule has 1 aromatic heterocycles. The largest absolute Gasteiger partial charge is 0.202 e. The predicted octanol–water partition coefficient (Wildman–Crippen LogP) is 26.1. The van der Waals surface area contributed by atoms with E-state index in [4.69, 9.17) is 0 Å². The van der Waals surface area contributed by atoms with Crippen LogP contribution in [-0.4, -0.2) is 0 Å². The second-order valence-corrected chi connectivity index (χ2v) is 25.0. The van der Waals surface area contributed by atoms with Crippen LogP contribution in [0.1, 0.15) is 430 Å². The van der Waals surface area contributed by atoms with Crippen LogP contribution in [0.4, 0.5) is 0 Å². The number of nitrogens with zero attached hydrogens (tertiary/aromatic N) is 1. The number of aromatic nitrogens is 1. The van der Waals surface area contributed by atoms with Crippen LogP contribution in [-0.2, 0) is 25.8 Å². The van der Waals surface area contributed by atoms with Crippen LogP contribution in [0.5, 0.6) is 0 Å². The lowest BCUT2D eigenvalue weighted by atomic mass is 9.92. The maximum Gasteiger partial charge on any atom is 0.184 e. The smallest absolute Gasteiger partial charge is 0.184 e. The minimum atomic E-state index is 1.25. The Morgan fingerprint density at radius 1 is 0.216 bits per heavy atom. The highest BCUT2D eigenvalue weighted by Crippen LogP contribution is 2.24. The molecule has 0 radical (unpaired) electrons. The molecule has 0 N–H and O–H groups in total. The normalized spacial score (nSPS) is 11.7. The van der Waals surface area contributed by atoms with Crippen molar-refractivity contribution in [2.75, 3.05) is 0 Å². The fourth-order valence-corrected chi connectivity index (χ4v) is 12.4. The second kappa shape index (κ2) is 61.4. The van der Waals surface area contributed by atoms with Crippen molar-refractivity contribution in [1.29, 1.82) is 0 Å². The van der Waals surface area contributed by atoms with Crippen molar-refractivity contribution in [1.82, 2.24) is 0 Å². The summed E-state index contributed by atoms with van der Waals surface area (Å²) in [5, 5.41) is 0. The third kappa shape index (κ3) is 49.4. The molecule has 0 aromatic carbocycles. The minimum absolute atomic E-state index is 1.25. The molecule has 0 bridgehead atoms. The molecule has 0 unspecified atom stereocenters. The van der Waals surface area contributed by atoms with Gasteiger partial charge >= 0.3 is 0 Å². The van der Waals surface area contributed by atoms with E-state index in [-0.39, 0.29) is 0 Å². The lowest BCUT2D eigenvalue weighted by Crippen LogP contribution is -2.40. The van der Waals surface area contributed by atoms with E-state index in [2.05, 4.69) is 44.5 Å². The highest BCUT2D eigenvalue weighted by atomic mass is 15.0. The number of hydrogen-bond acceptors (Lipinski definition) is 0. The summed E-state index contributed by atoms with van der Waals surface area (Å²) < 4.78 is 2.81. The highest BCUT2D eigenvalue weighted by molar-refractivity contribution is 5.28. The number of aryl methyl sites for hydroxylation is 2. The third-order valence-corrected chi connectivity index (χ3v) is 17.6. The van der Waals surface area contributed by atoms with Crippen LogP contribution in [0.2, 0.25) is 0 Å². The predicted molar refractivity (Wildman–Crippen MR) is 337 cm³/mol. The van der Waals surface area contributed by atoms with Gasteiger partial charge in [-0.05, 0) is 44.1 Å². The van der Waals surface area contributed by atoms with Gasteiger partial charge in [-0.25, -0.2) is 4.57 Å². The standard InChI is InChI=1S/C73H142N/c1-5-9-13-17-21-25-29-33-37-41-45-49-53-57-61-65-71-68-70-74(69-64-60-56-52-48-44-40-36-32-28-24-20-16-12-8-4)73(67-63-59-55-51-47-43-39-35-31-27-23-19-15-11-7-3)72(71)66-62-58-54-50-46-42-38-34-30-26-22-18-14-10-6-2/h68,70H,5-67,69H2,1-4H3/q+1. The molecule has 0 aliphatic carbocycles. The van der Waals surface area contributed by atoms with Gasteiger partial charge in [0, 0.05) is 24.5 Å². The Labute approximate surface area is 470 Å². The van der Waals surface area contributed by atoms with E-state index in [0.717, 1.165) is 0 Å². The maximum atomic E-state index is 2.81. The molecule has 74 heavy (non-hydrogen) atoms. The van der Waals surface area contributed by atoms with Crippen molar-refractivity contribution >= 4 is 0 Å². The Hall–Kier alpha value is -0.850. The summed E-state index contributed by atoms with van der Waals surface area (Å²) in [5.74, 6) is 0. The Morgan fingerprint density at radius 2 is 0.419 bits per heavy atom. The van der Waals surface area contributed by atoms with Crippen molar-refractivity contribution < 1.29 is 4.57 Å². The average molecular weight is 1030 g/mol. The third-order valence-electron chi connectivity index (χ3n) is 17.6. The molecule has 0 fully saturated rings. The lowest BCUT2D eigenvalue weighted by Gasteiger charge is -2.15. The molecule has 0 saturated carbocycles. The lowest BCUT2D eigenvalue weighted by molar-refractivity contribution is -0.705. The fraction of sp³-hybridized carbons (Fsp3) is 0.932. The molecule has 0 aliphatic rings. The Balaban J connectivity index is 2.76. The van der Waals surface area contributed by atoms with Gasteiger partial charge in [0.2, 0.25) is 0 Å². The fourth-order valence-electron chi connectivity index (χ4n) is 12.4. The molecule has 1 aromatic rings. The Morgan fingerprint density at radius 3 is 0.676 bits per heavy atom. The van der Waals surface area contributed by atoms with Gasteiger partial charge < -0.3 is 0 Å². The summed E-state index contributed by atoms with van der Waals surface area (Å²) in [7, 11) is 0. The molecule has 0 atom stereocenters. The summed E-state index contributed by atoms with van der Waals surface area (Å²) >= 11 is 0. The molecule has 0 aliphatic heterocycles. The quantitative estimate of drug-likeness (QED) is 0.0452. The van der Waals surface area contributed by atoms with Crippen molar-refractivity contribution in [3.63, 3.8) is 0 Å². The van der Waals surface area contributed by atoms with Gasteiger partial charge in [-0.2, -0.15) is 0 Å². The van der Waals surface area contributed by atoms with E-state index in [9.17, 15) is 0 Å². The zero-order valence-electron chi connectivity index (χ0n) is 52.4. The molecule has 0 saturated heterocycles. The molecular formula is C73H142N+. The minimum Gasteiger partial charge on any atom is -0.202 e. The van der Waals surface area contributed by atoms with E-state index in [1.165, 1.54) is 411 Å². The molecule has 0 spiro atoms. The Kier molecular flexibility index (Phi) is 59.0. The number of pyridine rings is 1. The van der Waals surface area contributed by atoms with Crippen LogP contribution >= 0.6 is 0 Å². The molecule has 438 valence electrons. The zero-order chi connectivity index (χ0) is 53.0. The van der Waals surface area contributed by atoms with Gasteiger partial charge in [0.1, 0.15) is 6.54 Å². The monoisotopic (exact) mass is 1030 g/mol. The van der Waals surface area contributed by atoms with E-state index in [0.29, 0.717) is 0 Å². The SMILES string of the molecule is CCCCCCCCCCCCCCCCCc1cc[n+](CCCCCCCCCCCCCCCCC)c(CCCCCCCCCCCCCCCCC)c1CCCCCCCCCCCCCCCCC. The summed E-state index contributed by atoms with van der Waals surface area (Å²) in [4.78, 5) is 0. The first-order chi connectivity index (χ1) is 36.8. The number of rotatable bonds is 64.